The van der Waals surface area contributed by atoms with Gasteiger partial charge >= 0.3 is 6.03 Å². The molecule has 0 unspecified atom stereocenters. The molecule has 4 atom stereocenters. The minimum absolute atomic E-state index is 0.0393. The summed E-state index contributed by atoms with van der Waals surface area (Å²) in [7, 11) is -2.36. The van der Waals surface area contributed by atoms with E-state index in [4.69, 9.17) is 21.1 Å². The van der Waals surface area contributed by atoms with Crippen LogP contribution in [0.5, 0.6) is 5.75 Å². The van der Waals surface area contributed by atoms with E-state index in [-0.39, 0.29) is 42.2 Å². The van der Waals surface area contributed by atoms with Crippen LogP contribution in [0.2, 0.25) is 5.02 Å². The quantitative estimate of drug-likeness (QED) is 0.173. The first kappa shape index (κ1) is 39.0. The lowest BCUT2D eigenvalue weighted by Crippen LogP contribution is -2.48. The van der Waals surface area contributed by atoms with E-state index in [9.17, 15) is 23.1 Å². The molecule has 52 heavy (non-hydrogen) atoms. The van der Waals surface area contributed by atoms with Gasteiger partial charge < -0.3 is 30.1 Å². The molecular formula is C39H47ClN4O7S. The maximum absolute atomic E-state index is 14.5. The molecule has 13 heteroatoms. The van der Waals surface area contributed by atoms with E-state index in [2.05, 4.69) is 10.6 Å². The summed E-state index contributed by atoms with van der Waals surface area (Å²) in [6, 6.07) is 23.2. The molecule has 0 radical (unpaired) electrons. The van der Waals surface area contributed by atoms with Crippen molar-refractivity contribution in [2.45, 2.75) is 63.2 Å². The van der Waals surface area contributed by atoms with E-state index in [0.29, 0.717) is 35.2 Å². The third-order valence-corrected chi connectivity index (χ3v) is 11.4. The summed E-state index contributed by atoms with van der Waals surface area (Å²) < 4.78 is 40.9. The average Bonchev–Trinajstić information content (AvgIpc) is 3.13. The lowest BCUT2D eigenvalue weighted by molar-refractivity contribution is -0.00833. The summed E-state index contributed by atoms with van der Waals surface area (Å²) in [5.41, 5.74) is 1.24. The number of halogens is 1. The smallest absolute Gasteiger partial charge is 0.323 e. The molecule has 0 fully saturated rings. The molecule has 1 aliphatic rings. The van der Waals surface area contributed by atoms with Crippen molar-refractivity contribution in [2.24, 2.45) is 5.92 Å². The summed E-state index contributed by atoms with van der Waals surface area (Å²) in [6.45, 7) is 5.84. The monoisotopic (exact) mass is 750 g/mol. The van der Waals surface area contributed by atoms with Crippen molar-refractivity contribution in [1.29, 1.82) is 0 Å². The van der Waals surface area contributed by atoms with Gasteiger partial charge in [-0.15, -0.1) is 0 Å². The minimum atomic E-state index is -3.86. The third-order valence-electron chi connectivity index (χ3n) is 9.31. The molecule has 0 aliphatic carbocycles. The van der Waals surface area contributed by atoms with Crippen molar-refractivity contribution in [3.05, 3.63) is 95.5 Å². The van der Waals surface area contributed by atoms with E-state index in [1.165, 1.54) is 35.6 Å². The zero-order chi connectivity index (χ0) is 37.4. The number of amides is 3. The Bertz CT molecular complexity index is 1950. The summed E-state index contributed by atoms with van der Waals surface area (Å²) in [4.78, 5) is 29.4. The molecular weight excluding hydrogens is 704 g/mol. The maximum Gasteiger partial charge on any atom is 0.323 e. The molecule has 3 N–H and O–H groups in total. The second kappa shape index (κ2) is 17.5. The highest BCUT2D eigenvalue weighted by atomic mass is 35.5. The molecule has 4 aromatic carbocycles. The number of carbonyl (C=O) groups is 2. The van der Waals surface area contributed by atoms with E-state index in [0.717, 1.165) is 23.6 Å². The molecule has 11 nitrogen and oxygen atoms in total. The number of nitrogens with one attached hydrogen (secondary N) is 2. The minimum Gasteiger partial charge on any atom is -0.490 e. The Morgan fingerprint density at radius 3 is 2.50 bits per heavy atom. The molecule has 1 heterocycles. The van der Waals surface area contributed by atoms with Crippen LogP contribution in [0.25, 0.3) is 10.8 Å². The van der Waals surface area contributed by atoms with Gasteiger partial charge in [0.05, 0.1) is 41.0 Å². The summed E-state index contributed by atoms with van der Waals surface area (Å²) in [5, 5.41) is 18.4. The number of ether oxygens (including phenoxy) is 2. The van der Waals surface area contributed by atoms with Gasteiger partial charge in [0.1, 0.15) is 5.75 Å². The van der Waals surface area contributed by atoms with Crippen LogP contribution in [0.15, 0.2) is 89.8 Å². The van der Waals surface area contributed by atoms with Gasteiger partial charge in [-0.25, -0.2) is 13.2 Å². The van der Waals surface area contributed by atoms with Crippen LogP contribution in [0, 0.1) is 5.92 Å². The first-order valence-electron chi connectivity index (χ1n) is 17.5. The fourth-order valence-corrected chi connectivity index (χ4v) is 7.53. The second-order valence-electron chi connectivity index (χ2n) is 13.4. The molecule has 278 valence electrons. The van der Waals surface area contributed by atoms with Gasteiger partial charge in [-0.05, 0) is 87.0 Å². The molecule has 0 bridgehead atoms. The predicted octanol–water partition coefficient (Wildman–Crippen LogP) is 7.25. The Labute approximate surface area is 310 Å². The number of nitrogens with zero attached hydrogens (tertiary/aromatic N) is 2. The van der Waals surface area contributed by atoms with E-state index < -0.39 is 34.1 Å². The van der Waals surface area contributed by atoms with Crippen LogP contribution < -0.4 is 15.4 Å². The molecule has 4 aromatic rings. The summed E-state index contributed by atoms with van der Waals surface area (Å²) >= 11 is 6.00. The lowest BCUT2D eigenvalue weighted by atomic mass is 10.0. The van der Waals surface area contributed by atoms with E-state index in [1.54, 1.807) is 30.0 Å². The van der Waals surface area contributed by atoms with Crippen molar-refractivity contribution in [3.8, 4) is 5.75 Å². The number of sulfonamides is 1. The predicted molar refractivity (Wildman–Crippen MR) is 205 cm³/mol. The molecule has 1 aliphatic heterocycles. The van der Waals surface area contributed by atoms with Gasteiger partial charge in [0.25, 0.3) is 5.91 Å². The lowest BCUT2D eigenvalue weighted by Gasteiger charge is -2.35. The Kier molecular flexibility index (Phi) is 13.2. The van der Waals surface area contributed by atoms with Crippen LogP contribution in [0.4, 0.5) is 16.2 Å². The maximum atomic E-state index is 14.5. The summed E-state index contributed by atoms with van der Waals surface area (Å²) in [6.07, 6.45) is 1.38. The molecule has 0 aromatic heterocycles. The number of aliphatic hydroxyl groups excluding tert-OH is 1. The number of hydrogen-bond donors (Lipinski definition) is 3. The van der Waals surface area contributed by atoms with Crippen molar-refractivity contribution in [1.82, 2.24) is 9.21 Å². The number of fused-ring (bicyclic) bond motifs is 2. The largest absolute Gasteiger partial charge is 0.490 e. The Hall–Kier alpha value is -4.20. The number of anilines is 2. The standard InChI is InChI=1S/C39H47ClN4O7S/c1-26-23-44(27(2)25-45)38(46)34-22-31(41-39(47)42-35-14-9-12-29-11-5-6-13-33(29)35)17-20-36(34)51-28(3)10-7-8-21-50-37(26)24-43(4)52(48,49)32-18-15-30(40)16-19-32/h5-6,9,11-20,22,26-28,37,45H,7-8,10,21,23-25H2,1-4H3,(H2,41,42,47)/t26-,27-,28-,37+/m0/s1. The van der Waals surface area contributed by atoms with E-state index >= 15 is 0 Å². The highest BCUT2D eigenvalue weighted by Crippen LogP contribution is 2.30. The summed E-state index contributed by atoms with van der Waals surface area (Å²) in [5.74, 6) is -0.398. The van der Waals surface area contributed by atoms with Crippen molar-refractivity contribution in [3.63, 3.8) is 0 Å². The fraction of sp³-hybridized carbons (Fsp3) is 0.385. The fourth-order valence-electron chi connectivity index (χ4n) is 6.22. The SMILES string of the molecule is C[C@H]1CCCCO[C@H](CN(C)S(=O)(=O)c2ccc(Cl)cc2)[C@@H](C)CN([C@@H](C)CO)C(=O)c2cc(NC(=O)Nc3cccc4ccccc34)ccc2O1. The van der Waals surface area contributed by atoms with Gasteiger partial charge in [-0.2, -0.15) is 4.31 Å². The molecule has 0 spiro atoms. The molecule has 3 amide bonds. The normalized spacial score (nSPS) is 19.7. The number of rotatable bonds is 8. The van der Waals surface area contributed by atoms with Crippen molar-refractivity contribution in [2.75, 3.05) is 44.0 Å². The van der Waals surface area contributed by atoms with Gasteiger partial charge in [0.15, 0.2) is 0 Å². The number of benzene rings is 4. The topological polar surface area (TPSA) is 138 Å². The number of urea groups is 1. The first-order valence-corrected chi connectivity index (χ1v) is 19.3. The van der Waals surface area contributed by atoms with Crippen LogP contribution >= 0.6 is 11.6 Å². The highest BCUT2D eigenvalue weighted by Gasteiger charge is 2.32. The number of carbonyl (C=O) groups excluding carboxylic acids is 2. The third kappa shape index (κ3) is 9.61. The van der Waals surface area contributed by atoms with Gasteiger partial charge in [0.2, 0.25) is 10.0 Å². The highest BCUT2D eigenvalue weighted by molar-refractivity contribution is 7.89. The average molecular weight is 751 g/mol. The Morgan fingerprint density at radius 1 is 1.02 bits per heavy atom. The molecule has 5 rings (SSSR count). The number of likely N-dealkylation sites (N-methyl/N-ethyl adjacent to an activating group) is 1. The van der Waals surface area contributed by atoms with Crippen LogP contribution in [-0.2, 0) is 14.8 Å². The van der Waals surface area contributed by atoms with Crippen LogP contribution in [0.3, 0.4) is 0 Å². The van der Waals surface area contributed by atoms with Gasteiger partial charge in [0, 0.05) is 48.8 Å². The van der Waals surface area contributed by atoms with E-state index in [1.807, 2.05) is 56.3 Å². The van der Waals surface area contributed by atoms with Crippen LogP contribution in [0.1, 0.15) is 50.4 Å². The Balaban J connectivity index is 1.41. The second-order valence-corrected chi connectivity index (χ2v) is 15.8. The van der Waals surface area contributed by atoms with Crippen LogP contribution in [-0.4, -0.2) is 86.3 Å². The zero-order valence-electron chi connectivity index (χ0n) is 29.9. The number of hydrogen-bond acceptors (Lipinski definition) is 7. The Morgan fingerprint density at radius 2 is 1.75 bits per heavy atom. The zero-order valence-corrected chi connectivity index (χ0v) is 31.5. The molecule has 0 saturated heterocycles. The number of aliphatic hydroxyl groups is 1. The van der Waals surface area contributed by atoms with Gasteiger partial charge in [-0.1, -0.05) is 54.9 Å². The van der Waals surface area contributed by atoms with Crippen molar-refractivity contribution < 1.29 is 32.6 Å². The van der Waals surface area contributed by atoms with Gasteiger partial charge in [-0.3, -0.25) is 4.79 Å². The first-order chi connectivity index (χ1) is 24.9. The molecule has 0 saturated carbocycles. The van der Waals surface area contributed by atoms with Crippen molar-refractivity contribution >= 4 is 55.7 Å².